The minimum absolute atomic E-state index is 0.00402. The number of aliphatic hydroxyl groups excluding tert-OH is 2. The summed E-state index contributed by atoms with van der Waals surface area (Å²) < 4.78 is 5.13. The Morgan fingerprint density at radius 1 is 1.38 bits per heavy atom. The lowest BCUT2D eigenvalue weighted by molar-refractivity contribution is 0.0882. The van der Waals surface area contributed by atoms with Gasteiger partial charge in [0.2, 0.25) is 0 Å². The predicted molar refractivity (Wildman–Crippen MR) is 76.7 cm³/mol. The number of benzene rings is 1. The van der Waals surface area contributed by atoms with Gasteiger partial charge in [-0.1, -0.05) is 25.6 Å². The van der Waals surface area contributed by atoms with Crippen molar-refractivity contribution in [3.63, 3.8) is 0 Å². The van der Waals surface area contributed by atoms with Gasteiger partial charge in [-0.2, -0.15) is 0 Å². The van der Waals surface area contributed by atoms with Crippen molar-refractivity contribution in [2.75, 3.05) is 13.7 Å². The van der Waals surface area contributed by atoms with Gasteiger partial charge in [-0.25, -0.2) is 0 Å². The molecule has 0 spiro atoms. The zero-order chi connectivity index (χ0) is 15.7. The third kappa shape index (κ3) is 2.25. The summed E-state index contributed by atoms with van der Waals surface area (Å²) in [6.07, 6.45) is 0. The summed E-state index contributed by atoms with van der Waals surface area (Å²) in [6, 6.07) is 4.73. The van der Waals surface area contributed by atoms with Gasteiger partial charge < -0.3 is 14.9 Å². The number of carbonyl (C=O) groups is 2. The summed E-state index contributed by atoms with van der Waals surface area (Å²) in [5, 5.41) is 19.1. The van der Waals surface area contributed by atoms with Gasteiger partial charge in [-0.05, 0) is 6.07 Å². The van der Waals surface area contributed by atoms with Crippen LogP contribution in [0.3, 0.4) is 0 Å². The molecule has 0 aromatic heterocycles. The Bertz CT molecular complexity index is 669. The van der Waals surface area contributed by atoms with E-state index in [0.29, 0.717) is 5.75 Å². The number of ketones is 2. The van der Waals surface area contributed by atoms with E-state index in [1.807, 2.05) is 0 Å². The molecule has 0 saturated carbocycles. The SMILES string of the molecule is C=C(CO)/C(O)=C1/C(=O)c2cccc(OC)c2C(=O)C1C. The Morgan fingerprint density at radius 3 is 2.62 bits per heavy atom. The molecular formula is C16H16O5. The molecule has 5 heteroatoms. The molecule has 1 aliphatic rings. The van der Waals surface area contributed by atoms with E-state index in [0.717, 1.165) is 0 Å². The molecule has 0 saturated heterocycles. The maximum atomic E-state index is 12.6. The highest BCUT2D eigenvalue weighted by molar-refractivity contribution is 6.24. The van der Waals surface area contributed by atoms with Crippen molar-refractivity contribution in [3.8, 4) is 5.75 Å². The molecule has 2 rings (SSSR count). The number of hydrogen-bond acceptors (Lipinski definition) is 5. The first-order chi connectivity index (χ1) is 9.93. The fourth-order valence-corrected chi connectivity index (χ4v) is 2.41. The van der Waals surface area contributed by atoms with Gasteiger partial charge in [0.15, 0.2) is 11.6 Å². The van der Waals surface area contributed by atoms with Crippen LogP contribution in [0.2, 0.25) is 0 Å². The minimum Gasteiger partial charge on any atom is -0.507 e. The number of carbonyl (C=O) groups excluding carboxylic acids is 2. The Hall–Kier alpha value is -2.40. The van der Waals surface area contributed by atoms with E-state index in [1.165, 1.54) is 20.1 Å². The van der Waals surface area contributed by atoms with Crippen molar-refractivity contribution in [3.05, 3.63) is 52.8 Å². The zero-order valence-electron chi connectivity index (χ0n) is 11.8. The number of aliphatic hydroxyl groups is 2. The number of rotatable bonds is 3. The van der Waals surface area contributed by atoms with Crippen LogP contribution in [-0.4, -0.2) is 35.5 Å². The Balaban J connectivity index is 2.71. The number of methoxy groups -OCH3 is 1. The van der Waals surface area contributed by atoms with Gasteiger partial charge in [-0.15, -0.1) is 0 Å². The van der Waals surface area contributed by atoms with Crippen LogP contribution in [0.25, 0.3) is 0 Å². The molecule has 0 amide bonds. The van der Waals surface area contributed by atoms with Crippen molar-refractivity contribution >= 4 is 11.6 Å². The summed E-state index contributed by atoms with van der Waals surface area (Å²) in [4.78, 5) is 25.1. The highest BCUT2D eigenvalue weighted by atomic mass is 16.5. The van der Waals surface area contributed by atoms with E-state index in [-0.39, 0.29) is 28.1 Å². The second-order valence-corrected chi connectivity index (χ2v) is 4.82. The van der Waals surface area contributed by atoms with Crippen molar-refractivity contribution in [2.24, 2.45) is 5.92 Å². The molecule has 0 fully saturated rings. The average molecular weight is 288 g/mol. The lowest BCUT2D eigenvalue weighted by Gasteiger charge is -2.25. The molecule has 1 atom stereocenters. The molecule has 110 valence electrons. The molecule has 0 radical (unpaired) electrons. The molecule has 5 nitrogen and oxygen atoms in total. The molecule has 0 heterocycles. The standard InChI is InChI=1S/C16H16O5/c1-8(7-17)14(18)12-9(2)15(19)13-10(16(12)20)5-4-6-11(13)21-3/h4-6,9,17-18H,1,7H2,2-3H3/b14-12-. The summed E-state index contributed by atoms with van der Waals surface area (Å²) in [5.74, 6) is -1.68. The van der Waals surface area contributed by atoms with Crippen LogP contribution < -0.4 is 4.74 Å². The van der Waals surface area contributed by atoms with Gasteiger partial charge in [0.1, 0.15) is 11.5 Å². The highest BCUT2D eigenvalue weighted by Crippen LogP contribution is 2.36. The first kappa shape index (κ1) is 15.0. The molecule has 2 N–H and O–H groups in total. The normalized spacial score (nSPS) is 20.0. The molecule has 0 aliphatic heterocycles. The predicted octanol–water partition coefficient (Wildman–Crippen LogP) is 2.07. The highest BCUT2D eigenvalue weighted by Gasteiger charge is 2.38. The smallest absolute Gasteiger partial charge is 0.194 e. The lowest BCUT2D eigenvalue weighted by Crippen LogP contribution is -2.30. The topological polar surface area (TPSA) is 83.8 Å². The first-order valence-corrected chi connectivity index (χ1v) is 6.42. The van der Waals surface area contributed by atoms with Crippen LogP contribution in [0.5, 0.6) is 5.75 Å². The zero-order valence-corrected chi connectivity index (χ0v) is 11.8. The first-order valence-electron chi connectivity index (χ1n) is 6.42. The van der Waals surface area contributed by atoms with Crippen LogP contribution in [0, 0.1) is 5.92 Å². The fraction of sp³-hybridized carbons (Fsp3) is 0.250. The van der Waals surface area contributed by atoms with E-state index in [2.05, 4.69) is 6.58 Å². The van der Waals surface area contributed by atoms with Gasteiger partial charge in [0.05, 0.1) is 30.8 Å². The number of ether oxygens (including phenoxy) is 1. The number of hydrogen-bond donors (Lipinski definition) is 2. The third-order valence-corrected chi connectivity index (χ3v) is 3.59. The molecule has 0 bridgehead atoms. The second-order valence-electron chi connectivity index (χ2n) is 4.82. The quantitative estimate of drug-likeness (QED) is 0.657. The lowest BCUT2D eigenvalue weighted by atomic mass is 9.77. The molecular weight excluding hydrogens is 272 g/mol. The van der Waals surface area contributed by atoms with Crippen molar-refractivity contribution < 1.29 is 24.5 Å². The van der Waals surface area contributed by atoms with Gasteiger partial charge >= 0.3 is 0 Å². The molecule has 1 unspecified atom stereocenters. The largest absolute Gasteiger partial charge is 0.507 e. The van der Waals surface area contributed by atoms with Crippen molar-refractivity contribution in [1.82, 2.24) is 0 Å². The molecule has 1 aromatic rings. The Kier molecular flexibility index (Phi) is 3.95. The van der Waals surface area contributed by atoms with E-state index in [4.69, 9.17) is 9.84 Å². The van der Waals surface area contributed by atoms with Crippen LogP contribution in [0.15, 0.2) is 41.7 Å². The van der Waals surface area contributed by atoms with E-state index >= 15 is 0 Å². The maximum absolute atomic E-state index is 12.6. The van der Waals surface area contributed by atoms with Crippen molar-refractivity contribution in [2.45, 2.75) is 6.92 Å². The number of fused-ring (bicyclic) bond motifs is 1. The summed E-state index contributed by atoms with van der Waals surface area (Å²) >= 11 is 0. The van der Waals surface area contributed by atoms with E-state index in [1.54, 1.807) is 12.1 Å². The van der Waals surface area contributed by atoms with Crippen LogP contribution in [0.1, 0.15) is 27.6 Å². The van der Waals surface area contributed by atoms with Crippen LogP contribution in [0.4, 0.5) is 0 Å². The van der Waals surface area contributed by atoms with E-state index in [9.17, 15) is 14.7 Å². The number of Topliss-reactive ketones (excluding diaryl/α,β-unsaturated/α-hetero) is 2. The summed E-state index contributed by atoms with van der Waals surface area (Å²) in [7, 11) is 1.43. The number of allylic oxidation sites excluding steroid dienone is 1. The summed E-state index contributed by atoms with van der Waals surface area (Å²) in [5.41, 5.74) is 0.373. The van der Waals surface area contributed by atoms with Crippen molar-refractivity contribution in [1.29, 1.82) is 0 Å². The Labute approximate surface area is 122 Å². The van der Waals surface area contributed by atoms with E-state index < -0.39 is 24.1 Å². The van der Waals surface area contributed by atoms with Gasteiger partial charge in [0, 0.05) is 11.1 Å². The van der Waals surface area contributed by atoms with Crippen LogP contribution in [-0.2, 0) is 0 Å². The minimum atomic E-state index is -0.829. The second kappa shape index (κ2) is 5.54. The maximum Gasteiger partial charge on any atom is 0.194 e. The monoisotopic (exact) mass is 288 g/mol. The molecule has 1 aliphatic carbocycles. The van der Waals surface area contributed by atoms with Crippen LogP contribution >= 0.6 is 0 Å². The molecule has 1 aromatic carbocycles. The van der Waals surface area contributed by atoms with Gasteiger partial charge in [0.25, 0.3) is 0 Å². The average Bonchev–Trinajstić information content (AvgIpc) is 2.51. The Morgan fingerprint density at radius 2 is 2.05 bits per heavy atom. The third-order valence-electron chi connectivity index (χ3n) is 3.59. The fourth-order valence-electron chi connectivity index (χ4n) is 2.41. The molecule has 21 heavy (non-hydrogen) atoms. The summed E-state index contributed by atoms with van der Waals surface area (Å²) in [6.45, 7) is 4.53. The van der Waals surface area contributed by atoms with Gasteiger partial charge in [-0.3, -0.25) is 9.59 Å².